The minimum Gasteiger partial charge on any atom is -0.507 e. The van der Waals surface area contributed by atoms with E-state index in [1.54, 1.807) is 11.8 Å². The van der Waals surface area contributed by atoms with E-state index in [4.69, 9.17) is 0 Å². The first-order valence-electron chi connectivity index (χ1n) is 10.2. The van der Waals surface area contributed by atoms with Gasteiger partial charge in [0.25, 0.3) is 11.7 Å². The molecule has 1 aliphatic carbocycles. The third-order valence-corrected chi connectivity index (χ3v) is 6.07. The molecular weight excluding hydrogens is 388 g/mol. The Morgan fingerprint density at radius 3 is 2.30 bits per heavy atom. The lowest BCUT2D eigenvalue weighted by atomic mass is 9.91. The Hall–Kier alpha value is -3.02. The number of halogens is 2. The summed E-state index contributed by atoms with van der Waals surface area (Å²) in [6, 6.07) is 8.74. The van der Waals surface area contributed by atoms with Gasteiger partial charge in [-0.25, -0.2) is 8.78 Å². The van der Waals surface area contributed by atoms with Gasteiger partial charge in [0.2, 0.25) is 0 Å². The summed E-state index contributed by atoms with van der Waals surface area (Å²) in [6.45, 7) is 1.56. The molecule has 1 saturated carbocycles. The third kappa shape index (κ3) is 3.51. The highest BCUT2D eigenvalue weighted by molar-refractivity contribution is 6.46. The molecule has 1 unspecified atom stereocenters. The Bertz CT molecular complexity index is 1020. The summed E-state index contributed by atoms with van der Waals surface area (Å²) in [5.41, 5.74) is 1.10. The van der Waals surface area contributed by atoms with Crippen molar-refractivity contribution in [3.05, 3.63) is 76.4 Å². The van der Waals surface area contributed by atoms with Crippen molar-refractivity contribution in [3.8, 4) is 0 Å². The largest absolute Gasteiger partial charge is 0.507 e. The number of benzene rings is 2. The van der Waals surface area contributed by atoms with Gasteiger partial charge in [0, 0.05) is 11.6 Å². The van der Waals surface area contributed by atoms with Crippen LogP contribution in [0.15, 0.2) is 48.0 Å². The average Bonchev–Trinajstić information content (AvgIpc) is 3.01. The highest BCUT2D eigenvalue weighted by atomic mass is 19.1. The van der Waals surface area contributed by atoms with E-state index in [2.05, 4.69) is 0 Å². The molecule has 6 heteroatoms. The number of aliphatic hydroxyl groups is 1. The van der Waals surface area contributed by atoms with Gasteiger partial charge in [-0.2, -0.15) is 0 Å². The van der Waals surface area contributed by atoms with Crippen LogP contribution in [0.4, 0.5) is 8.78 Å². The molecule has 2 aliphatic rings. The topological polar surface area (TPSA) is 57.6 Å². The number of aryl methyl sites for hydroxylation is 1. The molecule has 2 fully saturated rings. The van der Waals surface area contributed by atoms with Crippen molar-refractivity contribution in [2.45, 2.75) is 51.1 Å². The van der Waals surface area contributed by atoms with E-state index in [-0.39, 0.29) is 22.9 Å². The molecule has 1 atom stereocenters. The number of carbonyl (C=O) groups is 2. The minimum absolute atomic E-state index is 0.0387. The molecule has 156 valence electrons. The molecule has 1 N–H and O–H groups in total. The molecule has 0 spiro atoms. The molecule has 1 heterocycles. The second kappa shape index (κ2) is 8.01. The van der Waals surface area contributed by atoms with Gasteiger partial charge >= 0.3 is 0 Å². The van der Waals surface area contributed by atoms with Gasteiger partial charge in [0.05, 0.1) is 11.6 Å². The number of likely N-dealkylation sites (tertiary alicyclic amines) is 1. The van der Waals surface area contributed by atoms with Crippen molar-refractivity contribution in [2.24, 2.45) is 0 Å². The number of aliphatic hydroxyl groups excluding tert-OH is 1. The van der Waals surface area contributed by atoms with E-state index in [0.717, 1.165) is 32.1 Å². The Morgan fingerprint density at radius 1 is 1.00 bits per heavy atom. The van der Waals surface area contributed by atoms with Crippen LogP contribution >= 0.6 is 0 Å². The number of Topliss-reactive ketones (excluding diaryl/α,β-unsaturated/α-hetero) is 1. The van der Waals surface area contributed by atoms with Crippen molar-refractivity contribution >= 4 is 17.4 Å². The number of carbonyl (C=O) groups excluding carboxylic acids is 2. The maximum absolute atomic E-state index is 13.7. The maximum atomic E-state index is 13.7. The first-order chi connectivity index (χ1) is 14.4. The van der Waals surface area contributed by atoms with Crippen LogP contribution < -0.4 is 0 Å². The van der Waals surface area contributed by atoms with Crippen LogP contribution in [0.5, 0.6) is 0 Å². The summed E-state index contributed by atoms with van der Waals surface area (Å²) in [6.07, 6.45) is 4.55. The molecule has 0 radical (unpaired) electrons. The molecule has 4 rings (SSSR count). The number of hydrogen-bond donors (Lipinski definition) is 1. The van der Waals surface area contributed by atoms with Crippen LogP contribution in [-0.4, -0.2) is 27.7 Å². The fourth-order valence-corrected chi connectivity index (χ4v) is 4.51. The normalized spacial score (nSPS) is 22.0. The van der Waals surface area contributed by atoms with Gasteiger partial charge in [-0.3, -0.25) is 9.59 Å². The van der Waals surface area contributed by atoms with Crippen molar-refractivity contribution in [1.29, 1.82) is 0 Å². The van der Waals surface area contributed by atoms with Gasteiger partial charge in [0.1, 0.15) is 17.4 Å². The zero-order chi connectivity index (χ0) is 21.4. The molecule has 30 heavy (non-hydrogen) atoms. The molecule has 2 aromatic carbocycles. The number of hydrogen-bond acceptors (Lipinski definition) is 3. The van der Waals surface area contributed by atoms with Crippen molar-refractivity contribution in [2.75, 3.05) is 0 Å². The first kappa shape index (κ1) is 20.3. The summed E-state index contributed by atoms with van der Waals surface area (Å²) in [4.78, 5) is 27.6. The van der Waals surface area contributed by atoms with Gasteiger partial charge in [-0.05, 0) is 61.2 Å². The lowest BCUT2D eigenvalue weighted by Gasteiger charge is -2.35. The highest BCUT2D eigenvalue weighted by Crippen LogP contribution is 2.43. The van der Waals surface area contributed by atoms with E-state index in [0.29, 0.717) is 11.1 Å². The van der Waals surface area contributed by atoms with Crippen LogP contribution in [0, 0.1) is 18.6 Å². The highest BCUT2D eigenvalue weighted by Gasteiger charge is 2.48. The van der Waals surface area contributed by atoms with E-state index in [1.165, 1.54) is 42.5 Å². The zero-order valence-corrected chi connectivity index (χ0v) is 16.7. The number of rotatable bonds is 3. The van der Waals surface area contributed by atoms with E-state index >= 15 is 0 Å². The summed E-state index contributed by atoms with van der Waals surface area (Å²) >= 11 is 0. The second-order valence-electron chi connectivity index (χ2n) is 8.01. The number of ketones is 1. The van der Waals surface area contributed by atoms with Crippen molar-refractivity contribution < 1.29 is 23.5 Å². The molecular formula is C24H23F2NO3. The molecule has 1 amide bonds. The fraction of sp³-hybridized carbons (Fsp3) is 0.333. The van der Waals surface area contributed by atoms with Crippen LogP contribution in [0.1, 0.15) is 54.8 Å². The number of nitrogens with zero attached hydrogens (tertiary/aromatic N) is 1. The molecule has 2 aromatic rings. The molecule has 1 saturated heterocycles. The number of amides is 1. The van der Waals surface area contributed by atoms with E-state index in [1.807, 2.05) is 0 Å². The van der Waals surface area contributed by atoms with Gasteiger partial charge in [-0.1, -0.05) is 31.4 Å². The SMILES string of the molecule is Cc1cc(/C(O)=C2/C(=O)C(=O)N(C3CCCCC3)C2c2ccc(F)cc2)ccc1F. The van der Waals surface area contributed by atoms with Gasteiger partial charge < -0.3 is 10.0 Å². The summed E-state index contributed by atoms with van der Waals surface area (Å²) in [5.74, 6) is -2.62. The van der Waals surface area contributed by atoms with E-state index in [9.17, 15) is 23.5 Å². The van der Waals surface area contributed by atoms with Gasteiger partial charge in [0.15, 0.2) is 0 Å². The monoisotopic (exact) mass is 411 g/mol. The lowest BCUT2D eigenvalue weighted by molar-refractivity contribution is -0.141. The Balaban J connectivity index is 1.88. The fourth-order valence-electron chi connectivity index (χ4n) is 4.51. The third-order valence-electron chi connectivity index (χ3n) is 6.07. The summed E-state index contributed by atoms with van der Waals surface area (Å²) in [7, 11) is 0. The predicted molar refractivity (Wildman–Crippen MR) is 109 cm³/mol. The maximum Gasteiger partial charge on any atom is 0.295 e. The average molecular weight is 411 g/mol. The predicted octanol–water partition coefficient (Wildman–Crippen LogP) is 5.03. The standard InChI is InChI=1S/C24H23F2NO3/c1-14-13-16(9-12-19(14)26)22(28)20-21(15-7-10-17(25)11-8-15)27(24(30)23(20)29)18-5-3-2-4-6-18/h7-13,18,21,28H,2-6H2,1H3/b22-20-. The van der Waals surface area contributed by atoms with Crippen LogP contribution in [0.25, 0.3) is 5.76 Å². The lowest BCUT2D eigenvalue weighted by Crippen LogP contribution is -2.40. The Morgan fingerprint density at radius 2 is 1.67 bits per heavy atom. The van der Waals surface area contributed by atoms with E-state index < -0.39 is 29.4 Å². The van der Waals surface area contributed by atoms with Crippen LogP contribution in [0.3, 0.4) is 0 Å². The second-order valence-corrected chi connectivity index (χ2v) is 8.01. The summed E-state index contributed by atoms with van der Waals surface area (Å²) in [5, 5.41) is 11.0. The molecule has 4 nitrogen and oxygen atoms in total. The van der Waals surface area contributed by atoms with Crippen molar-refractivity contribution in [3.63, 3.8) is 0 Å². The molecule has 0 aromatic heterocycles. The summed E-state index contributed by atoms with van der Waals surface area (Å²) < 4.78 is 27.2. The van der Waals surface area contributed by atoms with Gasteiger partial charge in [-0.15, -0.1) is 0 Å². The van der Waals surface area contributed by atoms with Crippen molar-refractivity contribution in [1.82, 2.24) is 4.90 Å². The van der Waals surface area contributed by atoms with Crippen LogP contribution in [-0.2, 0) is 9.59 Å². The molecule has 0 bridgehead atoms. The first-order valence-corrected chi connectivity index (χ1v) is 10.2. The van der Waals surface area contributed by atoms with Crippen LogP contribution in [0.2, 0.25) is 0 Å². The molecule has 1 aliphatic heterocycles. The quantitative estimate of drug-likeness (QED) is 0.438. The Kier molecular flexibility index (Phi) is 5.41. The smallest absolute Gasteiger partial charge is 0.295 e. The minimum atomic E-state index is -0.806. The zero-order valence-electron chi connectivity index (χ0n) is 16.7. The Labute approximate surface area is 173 Å².